The number of fused-ring (bicyclic) bond motifs is 6. The highest BCUT2D eigenvalue weighted by Crippen LogP contribution is 2.52. The van der Waals surface area contributed by atoms with Crippen LogP contribution in [0.25, 0.3) is 21.5 Å². The van der Waals surface area contributed by atoms with E-state index in [4.69, 9.17) is 0 Å². The van der Waals surface area contributed by atoms with Crippen LogP contribution in [0.3, 0.4) is 0 Å². The van der Waals surface area contributed by atoms with Crippen LogP contribution in [0.2, 0.25) is 0 Å². The van der Waals surface area contributed by atoms with E-state index in [0.717, 1.165) is 51.6 Å². The van der Waals surface area contributed by atoms with Gasteiger partial charge in [-0.25, -0.2) is 33.7 Å². The number of benzene rings is 4. The molecule has 2 aliphatic heterocycles. The largest absolute Gasteiger partial charge is 0.748 e. The highest BCUT2D eigenvalue weighted by molar-refractivity contribution is 7.95. The van der Waals surface area contributed by atoms with Gasteiger partial charge < -0.3 is 23.8 Å². The number of hydrogen-bond acceptors (Lipinski definition) is 16. The first-order valence-electron chi connectivity index (χ1n) is 21.6. The molecule has 2 atom stereocenters. The van der Waals surface area contributed by atoms with Crippen LogP contribution in [-0.2, 0) is 60.4 Å². The van der Waals surface area contributed by atoms with Gasteiger partial charge >= 0.3 is 0 Å². The van der Waals surface area contributed by atoms with Crippen molar-refractivity contribution in [2.45, 2.75) is 105 Å². The van der Waals surface area contributed by atoms with Gasteiger partial charge in [-0.05, 0) is 134 Å². The van der Waals surface area contributed by atoms with E-state index in [0.29, 0.717) is 57.5 Å². The molecular formula is C47H51N2O14S5-3. The first kappa shape index (κ1) is 51.6. The molecule has 3 aliphatic rings. The summed E-state index contributed by atoms with van der Waals surface area (Å²) in [5, 5.41) is 14.4. The third kappa shape index (κ3) is 10.2. The van der Waals surface area contributed by atoms with Gasteiger partial charge in [-0.15, -0.1) is 0 Å². The first-order chi connectivity index (χ1) is 31.6. The Balaban J connectivity index is 1.35. The lowest BCUT2D eigenvalue weighted by Crippen LogP contribution is -2.30. The van der Waals surface area contributed by atoms with E-state index in [-0.39, 0.29) is 30.8 Å². The van der Waals surface area contributed by atoms with Gasteiger partial charge in [0.25, 0.3) is 0 Å². The summed E-state index contributed by atoms with van der Waals surface area (Å²) in [5.41, 5.74) is 4.01. The first-order valence-corrected chi connectivity index (χ1v) is 28.6. The van der Waals surface area contributed by atoms with Crippen molar-refractivity contribution < 1.29 is 66.5 Å². The number of anilines is 1. The molecule has 0 N–H and O–H groups in total. The zero-order valence-corrected chi connectivity index (χ0v) is 42.4. The second kappa shape index (κ2) is 18.8. The Bertz CT molecular complexity index is 3350. The Morgan fingerprint density at radius 2 is 1.40 bits per heavy atom. The van der Waals surface area contributed by atoms with Gasteiger partial charge in [-0.3, -0.25) is 5.04 Å². The van der Waals surface area contributed by atoms with Gasteiger partial charge in [0.15, 0.2) is 22.1 Å². The summed E-state index contributed by atoms with van der Waals surface area (Å²) in [6.45, 7) is 10.8. The van der Waals surface area contributed by atoms with Crippen molar-refractivity contribution in [2.75, 3.05) is 24.2 Å². The summed E-state index contributed by atoms with van der Waals surface area (Å²) < 4.78 is 142. The predicted octanol–water partition coefficient (Wildman–Crippen LogP) is 6.80. The van der Waals surface area contributed by atoms with Crippen LogP contribution in [0.4, 0.5) is 11.4 Å². The number of hydrogen-bond donors (Lipinski definition) is 0. The lowest BCUT2D eigenvalue weighted by atomic mass is 9.78. The predicted molar refractivity (Wildman–Crippen MR) is 256 cm³/mol. The minimum absolute atomic E-state index is 0.0133. The summed E-state index contributed by atoms with van der Waals surface area (Å²) in [4.78, 5) is 2.31. The number of rotatable bonds is 16. The van der Waals surface area contributed by atoms with Crippen molar-refractivity contribution in [1.82, 2.24) is 0 Å². The molecule has 0 amide bonds. The maximum atomic E-state index is 13.9. The van der Waals surface area contributed by atoms with Gasteiger partial charge in [0, 0.05) is 63.9 Å². The normalized spacial score (nSPS) is 19.8. The molecule has 7 rings (SSSR count). The molecule has 4 aromatic carbocycles. The van der Waals surface area contributed by atoms with Crippen molar-refractivity contribution in [3.8, 4) is 0 Å². The second-order valence-corrected chi connectivity index (χ2v) is 26.2. The lowest BCUT2D eigenvalue weighted by molar-refractivity contribution is -0.777. The highest BCUT2D eigenvalue weighted by Gasteiger charge is 2.46. The van der Waals surface area contributed by atoms with Gasteiger partial charge in [-0.1, -0.05) is 44.2 Å². The Kier molecular flexibility index (Phi) is 14.3. The molecule has 21 heteroatoms. The average molecular weight is 1030 g/mol. The van der Waals surface area contributed by atoms with Crippen LogP contribution in [0.5, 0.6) is 0 Å². The van der Waals surface area contributed by atoms with E-state index in [1.165, 1.54) is 26.0 Å². The van der Waals surface area contributed by atoms with Crippen molar-refractivity contribution in [3.05, 3.63) is 118 Å². The quantitative estimate of drug-likeness (QED) is 0.0368. The molecule has 366 valence electrons. The Hall–Kier alpha value is -4.26. The van der Waals surface area contributed by atoms with Crippen molar-refractivity contribution >= 4 is 90.9 Å². The number of nitrogens with zero attached hydrogens (tertiary/aromatic N) is 2. The van der Waals surface area contributed by atoms with E-state index in [1.54, 1.807) is 42.5 Å². The summed E-state index contributed by atoms with van der Waals surface area (Å²) >= 11 is 0.753. The van der Waals surface area contributed by atoms with E-state index in [9.17, 15) is 52.6 Å². The fourth-order valence-electron chi connectivity index (χ4n) is 9.85. The molecule has 0 bridgehead atoms. The fraction of sp³-hybridized carbons (Fsp3) is 0.383. The van der Waals surface area contributed by atoms with E-state index >= 15 is 0 Å². The Morgan fingerprint density at radius 1 is 0.765 bits per heavy atom. The minimum atomic E-state index is -4.76. The van der Waals surface area contributed by atoms with Crippen LogP contribution in [0, 0.1) is 0 Å². The van der Waals surface area contributed by atoms with Crippen LogP contribution in [0.1, 0.15) is 84.8 Å². The standard InChI is InChI=1S/C47H54N2O14S5/c1-29(66(53,54)55)23-25-48-39-19-11-33-27-35(64-63-62-50)15-17-37(33)43(39)46(3,4)41(48)21-13-31-9-8-10-32(45(31)65(7,51)52)14-22-42-47(5,6)44-38-18-16-36(68(59,60)61)28-34(38)12-20-40(44)49(42)26-24-30(2)67(56,57)58/h11-22,27-30H,8-10,23-26H2,1-7H3,(H3-,50,53,54,55,56,57,58,59,60,61)/p-3. The average Bonchev–Trinajstić information content (AvgIpc) is 3.60. The zero-order chi connectivity index (χ0) is 49.9. The van der Waals surface area contributed by atoms with Crippen LogP contribution < -0.4 is 10.2 Å². The van der Waals surface area contributed by atoms with Crippen LogP contribution in [0.15, 0.2) is 117 Å². The molecule has 0 saturated heterocycles. The van der Waals surface area contributed by atoms with Crippen molar-refractivity contribution in [1.29, 1.82) is 0 Å². The molecule has 0 aromatic heterocycles. The van der Waals surface area contributed by atoms with Crippen LogP contribution >= 0.6 is 12.0 Å². The number of allylic oxidation sites excluding steroid dienone is 7. The minimum Gasteiger partial charge on any atom is -0.748 e. The lowest BCUT2D eigenvalue weighted by Gasteiger charge is -2.29. The van der Waals surface area contributed by atoms with Gasteiger partial charge in [0.2, 0.25) is 5.69 Å². The van der Waals surface area contributed by atoms with Gasteiger partial charge in [0.05, 0.1) is 52.7 Å². The zero-order valence-electron chi connectivity index (χ0n) is 38.3. The topological polar surface area (TPSA) is 254 Å². The fourth-order valence-corrected chi connectivity index (χ4v) is 12.8. The second-order valence-electron chi connectivity index (χ2n) is 18.5. The Labute approximate surface area is 402 Å². The Morgan fingerprint density at radius 3 is 2.04 bits per heavy atom. The van der Waals surface area contributed by atoms with E-state index in [1.807, 2.05) is 67.5 Å². The molecule has 0 spiro atoms. The molecule has 68 heavy (non-hydrogen) atoms. The summed E-state index contributed by atoms with van der Waals surface area (Å²) in [6, 6.07) is 16.8. The maximum absolute atomic E-state index is 13.9. The molecular weight excluding hydrogens is 977 g/mol. The number of sulfone groups is 1. The van der Waals surface area contributed by atoms with E-state index < -0.39 is 66.4 Å². The molecule has 1 aliphatic carbocycles. The molecule has 2 unspecified atom stereocenters. The van der Waals surface area contributed by atoms with Crippen LogP contribution in [-0.4, -0.2) is 87.5 Å². The third-order valence-electron chi connectivity index (χ3n) is 13.3. The molecule has 16 nitrogen and oxygen atoms in total. The van der Waals surface area contributed by atoms with Gasteiger partial charge in [-0.2, -0.15) is 8.91 Å². The van der Waals surface area contributed by atoms with Crippen molar-refractivity contribution in [3.63, 3.8) is 0 Å². The molecule has 4 aromatic rings. The molecule has 0 fully saturated rings. The third-order valence-corrected chi connectivity index (χ3v) is 18.4. The molecule has 2 heterocycles. The van der Waals surface area contributed by atoms with Gasteiger partial charge in [0.1, 0.15) is 10.1 Å². The summed E-state index contributed by atoms with van der Waals surface area (Å²) in [6.07, 6.45) is 9.72. The summed E-state index contributed by atoms with van der Waals surface area (Å²) in [5.74, 6) is 0. The van der Waals surface area contributed by atoms with Crippen molar-refractivity contribution in [2.24, 2.45) is 0 Å². The SMILES string of the molecule is CC(CCN1/C(=C/C=C2\CCCC(/C=C/C3=[N+](CCC(C)S(=O)(=O)[O-])c4ccc5cc(S(=O)(=O)[O-])ccc5c4C3(C)C)=C2S(C)(=O)=O)C(C)(C)c2c1ccc1cc(SOO[O-])ccc21)S(=O)(=O)[O-]. The van der Waals surface area contributed by atoms with E-state index in [2.05, 4.69) is 9.37 Å². The highest BCUT2D eigenvalue weighted by atomic mass is 32.2. The smallest absolute Gasteiger partial charge is 0.210 e. The monoisotopic (exact) mass is 1030 g/mol. The molecule has 0 radical (unpaired) electrons. The summed E-state index contributed by atoms with van der Waals surface area (Å²) in [7, 11) is -17.9. The molecule has 0 saturated carbocycles. The maximum Gasteiger partial charge on any atom is 0.210 e.